The molecule has 0 aliphatic carbocycles. The Balaban J connectivity index is 1.52. The molecule has 1 unspecified atom stereocenters. The van der Waals surface area contributed by atoms with Crippen molar-refractivity contribution in [1.82, 2.24) is 10.3 Å². The van der Waals surface area contributed by atoms with Crippen LogP contribution in [0.5, 0.6) is 5.75 Å². The van der Waals surface area contributed by atoms with E-state index in [-0.39, 0.29) is 17.7 Å². The first-order chi connectivity index (χ1) is 12.0. The van der Waals surface area contributed by atoms with Crippen LogP contribution in [0, 0.1) is 0 Å². The lowest BCUT2D eigenvalue weighted by molar-refractivity contribution is 0.0683. The van der Waals surface area contributed by atoms with Gasteiger partial charge in [0, 0.05) is 29.4 Å². The molecule has 25 heavy (non-hydrogen) atoms. The minimum absolute atomic E-state index is 0.0887. The van der Waals surface area contributed by atoms with Crippen molar-refractivity contribution in [2.45, 2.75) is 31.9 Å². The number of ether oxygens (including phenoxy) is 1. The number of carbonyl (C=O) groups excluding carboxylic acids is 1. The third-order valence-corrected chi connectivity index (χ3v) is 4.49. The Hall–Kier alpha value is -2.95. The van der Waals surface area contributed by atoms with E-state index < -0.39 is 0 Å². The average molecular weight is 335 g/mol. The van der Waals surface area contributed by atoms with Crippen molar-refractivity contribution in [2.24, 2.45) is 0 Å². The van der Waals surface area contributed by atoms with Crippen LogP contribution in [0.15, 0.2) is 54.7 Å². The summed E-state index contributed by atoms with van der Waals surface area (Å²) in [4.78, 5) is 15.7. The maximum Gasteiger partial charge on any atom is 0.319 e. The van der Waals surface area contributed by atoms with Gasteiger partial charge in [-0.2, -0.15) is 0 Å². The van der Waals surface area contributed by atoms with Crippen molar-refractivity contribution < 1.29 is 9.53 Å². The number of urea groups is 1. The van der Waals surface area contributed by atoms with Gasteiger partial charge in [0.2, 0.25) is 0 Å². The number of benzene rings is 2. The van der Waals surface area contributed by atoms with E-state index in [1.165, 1.54) is 0 Å². The van der Waals surface area contributed by atoms with Gasteiger partial charge in [-0.1, -0.05) is 24.3 Å². The molecule has 128 valence electrons. The largest absolute Gasteiger partial charge is 0.487 e. The standard InChI is InChI=1S/C20H21N3O2/c1-20(2)12-17(15-5-3-4-6-18(15)25-20)23-19(24)22-14-8-7-13-9-10-21-16(13)11-14/h3-11,17,21H,12H2,1-2H3,(H2,22,23,24). The zero-order valence-corrected chi connectivity index (χ0v) is 14.3. The van der Waals surface area contributed by atoms with Crippen LogP contribution < -0.4 is 15.4 Å². The van der Waals surface area contributed by atoms with E-state index in [1.807, 2.05) is 68.6 Å². The molecule has 1 aliphatic heterocycles. The fourth-order valence-electron chi connectivity index (χ4n) is 3.38. The van der Waals surface area contributed by atoms with E-state index >= 15 is 0 Å². The molecular weight excluding hydrogens is 314 g/mol. The van der Waals surface area contributed by atoms with Crippen molar-refractivity contribution >= 4 is 22.6 Å². The Labute approximate surface area is 146 Å². The van der Waals surface area contributed by atoms with Crippen LogP contribution in [0.1, 0.15) is 31.9 Å². The van der Waals surface area contributed by atoms with Gasteiger partial charge in [-0.15, -0.1) is 0 Å². The third-order valence-electron chi connectivity index (χ3n) is 4.49. The van der Waals surface area contributed by atoms with Crippen LogP contribution in [0.3, 0.4) is 0 Å². The smallest absolute Gasteiger partial charge is 0.319 e. The summed E-state index contributed by atoms with van der Waals surface area (Å²) in [6.07, 6.45) is 2.60. The highest BCUT2D eigenvalue weighted by atomic mass is 16.5. The van der Waals surface area contributed by atoms with Crippen molar-refractivity contribution in [2.75, 3.05) is 5.32 Å². The van der Waals surface area contributed by atoms with E-state index in [4.69, 9.17) is 4.74 Å². The maximum absolute atomic E-state index is 12.5. The summed E-state index contributed by atoms with van der Waals surface area (Å²) in [6.45, 7) is 4.07. The zero-order valence-electron chi connectivity index (χ0n) is 14.3. The zero-order chi connectivity index (χ0) is 17.4. The monoisotopic (exact) mass is 335 g/mol. The summed E-state index contributed by atoms with van der Waals surface area (Å²) in [7, 11) is 0. The second-order valence-electron chi connectivity index (χ2n) is 7.03. The molecule has 2 aromatic carbocycles. The number of carbonyl (C=O) groups is 1. The first-order valence-corrected chi connectivity index (χ1v) is 8.43. The number of aromatic amines is 1. The number of hydrogen-bond acceptors (Lipinski definition) is 2. The normalized spacial score (nSPS) is 18.2. The van der Waals surface area contributed by atoms with Crippen molar-refractivity contribution in [3.05, 3.63) is 60.3 Å². The molecule has 1 atom stereocenters. The summed E-state index contributed by atoms with van der Waals surface area (Å²) >= 11 is 0. The van der Waals surface area contributed by atoms with Crippen LogP contribution >= 0.6 is 0 Å². The molecule has 1 aliphatic rings. The SMILES string of the molecule is CC1(C)CC(NC(=O)Nc2ccc3cc[nH]c3c2)c2ccccc2O1. The highest BCUT2D eigenvalue weighted by Gasteiger charge is 2.34. The Morgan fingerprint density at radius 2 is 2.04 bits per heavy atom. The summed E-state index contributed by atoms with van der Waals surface area (Å²) in [5.41, 5.74) is 2.44. The van der Waals surface area contributed by atoms with Crippen LogP contribution in [0.2, 0.25) is 0 Å². The van der Waals surface area contributed by atoms with Gasteiger partial charge in [-0.05, 0) is 43.5 Å². The van der Waals surface area contributed by atoms with Crippen molar-refractivity contribution in [3.8, 4) is 5.75 Å². The van der Waals surface area contributed by atoms with Crippen LogP contribution in [0.4, 0.5) is 10.5 Å². The maximum atomic E-state index is 12.5. The van der Waals surface area contributed by atoms with Crippen molar-refractivity contribution in [3.63, 3.8) is 0 Å². The number of para-hydroxylation sites is 1. The topological polar surface area (TPSA) is 66.2 Å². The molecule has 0 radical (unpaired) electrons. The molecule has 3 aromatic rings. The summed E-state index contributed by atoms with van der Waals surface area (Å²) < 4.78 is 6.01. The van der Waals surface area contributed by atoms with E-state index in [2.05, 4.69) is 15.6 Å². The van der Waals surface area contributed by atoms with Gasteiger partial charge in [0.25, 0.3) is 0 Å². The third kappa shape index (κ3) is 3.18. The Kier molecular flexibility index (Phi) is 3.64. The minimum Gasteiger partial charge on any atom is -0.487 e. The molecule has 0 fully saturated rings. The number of nitrogens with one attached hydrogen (secondary N) is 3. The molecule has 5 heteroatoms. The number of amides is 2. The minimum atomic E-state index is -0.324. The van der Waals surface area contributed by atoms with Gasteiger partial charge in [-0.25, -0.2) is 4.79 Å². The first-order valence-electron chi connectivity index (χ1n) is 8.43. The Morgan fingerprint density at radius 1 is 1.20 bits per heavy atom. The molecule has 1 aromatic heterocycles. The summed E-state index contributed by atoms with van der Waals surface area (Å²) in [5, 5.41) is 7.12. The van der Waals surface area contributed by atoms with E-state index in [1.54, 1.807) is 0 Å². The number of aromatic nitrogens is 1. The first kappa shape index (κ1) is 15.6. The second-order valence-corrected chi connectivity index (χ2v) is 7.03. The van der Waals surface area contributed by atoms with E-state index in [9.17, 15) is 4.79 Å². The summed E-state index contributed by atoms with van der Waals surface area (Å²) in [5.74, 6) is 0.830. The van der Waals surface area contributed by atoms with Crippen LogP contribution in [-0.2, 0) is 0 Å². The molecule has 0 spiro atoms. The summed E-state index contributed by atoms with van der Waals surface area (Å²) in [6, 6.07) is 15.4. The van der Waals surface area contributed by atoms with Crippen LogP contribution in [-0.4, -0.2) is 16.6 Å². The Morgan fingerprint density at radius 3 is 2.92 bits per heavy atom. The lowest BCUT2D eigenvalue weighted by Gasteiger charge is -2.37. The highest BCUT2D eigenvalue weighted by Crippen LogP contribution is 2.39. The second kappa shape index (κ2) is 5.84. The fraction of sp³-hybridized carbons (Fsp3) is 0.250. The predicted octanol–water partition coefficient (Wildman–Crippen LogP) is 4.59. The van der Waals surface area contributed by atoms with Gasteiger partial charge in [0.15, 0.2) is 0 Å². The molecule has 3 N–H and O–H groups in total. The van der Waals surface area contributed by atoms with E-state index in [0.29, 0.717) is 6.42 Å². The van der Waals surface area contributed by atoms with Crippen LogP contribution in [0.25, 0.3) is 10.9 Å². The fourth-order valence-corrected chi connectivity index (χ4v) is 3.38. The quantitative estimate of drug-likeness (QED) is 0.641. The molecular formula is C20H21N3O2. The number of rotatable bonds is 2. The number of hydrogen-bond donors (Lipinski definition) is 3. The Bertz CT molecular complexity index is 929. The lowest BCUT2D eigenvalue weighted by Crippen LogP contribution is -2.42. The highest BCUT2D eigenvalue weighted by molar-refractivity contribution is 5.92. The molecule has 0 saturated carbocycles. The van der Waals surface area contributed by atoms with Gasteiger partial charge >= 0.3 is 6.03 Å². The predicted molar refractivity (Wildman–Crippen MR) is 99.0 cm³/mol. The molecule has 4 rings (SSSR count). The van der Waals surface area contributed by atoms with Gasteiger partial charge in [-0.3, -0.25) is 0 Å². The van der Waals surface area contributed by atoms with Gasteiger partial charge < -0.3 is 20.4 Å². The average Bonchev–Trinajstić information content (AvgIpc) is 3.01. The van der Waals surface area contributed by atoms with E-state index in [0.717, 1.165) is 27.9 Å². The lowest BCUT2D eigenvalue weighted by atomic mass is 9.90. The molecule has 2 amide bonds. The molecule has 0 bridgehead atoms. The number of H-pyrrole nitrogens is 1. The van der Waals surface area contributed by atoms with Gasteiger partial charge in [0.1, 0.15) is 11.4 Å². The number of fused-ring (bicyclic) bond motifs is 2. The molecule has 5 nitrogen and oxygen atoms in total. The number of anilines is 1. The molecule has 2 heterocycles. The van der Waals surface area contributed by atoms with Crippen molar-refractivity contribution in [1.29, 1.82) is 0 Å². The van der Waals surface area contributed by atoms with Gasteiger partial charge in [0.05, 0.1) is 6.04 Å². The molecule has 0 saturated heterocycles.